The van der Waals surface area contributed by atoms with E-state index < -0.39 is 11.4 Å². The molecule has 1 amide bonds. The Morgan fingerprint density at radius 3 is 2.27 bits per heavy atom. The predicted octanol–water partition coefficient (Wildman–Crippen LogP) is 4.88. The van der Waals surface area contributed by atoms with E-state index in [4.69, 9.17) is 4.74 Å². The van der Waals surface area contributed by atoms with E-state index in [1.165, 1.54) is 7.11 Å². The smallest absolute Gasteiger partial charge is 0.337 e. The standard InChI is InChI=1S/C28H24N2O3/c1-19-25(26(31)33-2)28(22-15-9-10-16-23(22)29-27(28)32)17-24(21-13-7-4-8-14-21)30(19)18-20-11-5-3-6-12-20/h3-17H,18H2,1-2H3,(H,29,32)/t28-/m1/s1. The summed E-state index contributed by atoms with van der Waals surface area (Å²) in [5, 5.41) is 2.98. The van der Waals surface area contributed by atoms with Gasteiger partial charge in [0, 0.05) is 23.6 Å². The molecule has 1 atom stereocenters. The number of ether oxygens (including phenoxy) is 1. The number of fused-ring (bicyclic) bond motifs is 2. The van der Waals surface area contributed by atoms with Crippen LogP contribution in [0, 0.1) is 0 Å². The number of esters is 1. The van der Waals surface area contributed by atoms with Crippen molar-refractivity contribution >= 4 is 23.3 Å². The second kappa shape index (κ2) is 8.10. The molecule has 5 rings (SSSR count). The minimum absolute atomic E-state index is 0.253. The van der Waals surface area contributed by atoms with Crippen LogP contribution in [0.25, 0.3) is 5.70 Å². The molecular formula is C28H24N2O3. The lowest BCUT2D eigenvalue weighted by Gasteiger charge is -2.40. The third-order valence-corrected chi connectivity index (χ3v) is 6.41. The summed E-state index contributed by atoms with van der Waals surface area (Å²) < 4.78 is 5.22. The first-order valence-corrected chi connectivity index (χ1v) is 10.9. The summed E-state index contributed by atoms with van der Waals surface area (Å²) in [5.74, 6) is -0.767. The monoisotopic (exact) mass is 436 g/mol. The zero-order valence-electron chi connectivity index (χ0n) is 18.5. The van der Waals surface area contributed by atoms with Gasteiger partial charge in [0.1, 0.15) is 5.41 Å². The van der Waals surface area contributed by atoms with Crippen molar-refractivity contribution in [1.82, 2.24) is 4.90 Å². The van der Waals surface area contributed by atoms with Crippen molar-refractivity contribution in [3.05, 3.63) is 119 Å². The molecule has 164 valence electrons. The molecule has 2 aliphatic rings. The summed E-state index contributed by atoms with van der Waals surface area (Å²) in [4.78, 5) is 28.9. The normalized spacial score (nSPS) is 19.3. The van der Waals surface area contributed by atoms with Gasteiger partial charge < -0.3 is 15.0 Å². The van der Waals surface area contributed by atoms with Crippen molar-refractivity contribution in [2.24, 2.45) is 0 Å². The summed E-state index contributed by atoms with van der Waals surface area (Å²) >= 11 is 0. The molecule has 2 heterocycles. The molecule has 0 aromatic heterocycles. The SMILES string of the molecule is COC(=O)C1=C(C)N(Cc2ccccc2)C(c2ccccc2)=C[C@]12C(=O)Nc1ccccc12. The Morgan fingerprint density at radius 2 is 1.58 bits per heavy atom. The highest BCUT2D eigenvalue weighted by Gasteiger charge is 2.54. The van der Waals surface area contributed by atoms with Gasteiger partial charge in [0.15, 0.2) is 0 Å². The predicted molar refractivity (Wildman–Crippen MR) is 128 cm³/mol. The number of anilines is 1. The fraction of sp³-hybridized carbons (Fsp3) is 0.143. The van der Waals surface area contributed by atoms with E-state index in [9.17, 15) is 9.59 Å². The molecule has 0 saturated heterocycles. The zero-order chi connectivity index (χ0) is 23.0. The first-order valence-electron chi connectivity index (χ1n) is 10.9. The van der Waals surface area contributed by atoms with E-state index in [-0.39, 0.29) is 5.91 Å². The Kier molecular flexibility index (Phi) is 5.09. The highest BCUT2D eigenvalue weighted by molar-refractivity contribution is 6.17. The van der Waals surface area contributed by atoms with Crippen molar-refractivity contribution in [1.29, 1.82) is 0 Å². The van der Waals surface area contributed by atoms with Crippen LogP contribution in [0.3, 0.4) is 0 Å². The molecule has 0 aliphatic carbocycles. The average Bonchev–Trinajstić information content (AvgIpc) is 3.13. The minimum atomic E-state index is -1.27. The maximum Gasteiger partial charge on any atom is 0.337 e. The minimum Gasteiger partial charge on any atom is -0.466 e. The van der Waals surface area contributed by atoms with E-state index in [1.807, 2.05) is 85.8 Å². The van der Waals surface area contributed by atoms with Gasteiger partial charge in [-0.15, -0.1) is 0 Å². The number of rotatable bonds is 4. The second-order valence-electron chi connectivity index (χ2n) is 8.23. The largest absolute Gasteiger partial charge is 0.466 e. The fourth-order valence-corrected chi connectivity index (χ4v) is 4.86. The van der Waals surface area contributed by atoms with E-state index in [1.54, 1.807) is 0 Å². The molecule has 0 bridgehead atoms. The maximum absolute atomic E-state index is 13.6. The molecule has 3 aromatic rings. The molecule has 33 heavy (non-hydrogen) atoms. The first-order chi connectivity index (χ1) is 16.1. The lowest BCUT2D eigenvalue weighted by molar-refractivity contribution is -0.138. The lowest BCUT2D eigenvalue weighted by Crippen LogP contribution is -2.44. The summed E-state index contributed by atoms with van der Waals surface area (Å²) in [6, 6.07) is 27.5. The Balaban J connectivity index is 1.79. The van der Waals surface area contributed by atoms with Crippen LogP contribution >= 0.6 is 0 Å². The van der Waals surface area contributed by atoms with Gasteiger partial charge >= 0.3 is 5.97 Å². The quantitative estimate of drug-likeness (QED) is 0.592. The molecule has 0 unspecified atom stereocenters. The molecule has 1 spiro atoms. The topological polar surface area (TPSA) is 58.6 Å². The molecule has 0 fully saturated rings. The number of amides is 1. The molecule has 0 radical (unpaired) electrons. The Hall–Kier alpha value is -4.12. The highest BCUT2D eigenvalue weighted by atomic mass is 16.5. The van der Waals surface area contributed by atoms with Gasteiger partial charge in [-0.1, -0.05) is 78.9 Å². The number of methoxy groups -OCH3 is 1. The molecule has 3 aromatic carbocycles. The highest BCUT2D eigenvalue weighted by Crippen LogP contribution is 2.51. The number of hydrogen-bond acceptors (Lipinski definition) is 4. The van der Waals surface area contributed by atoms with Crippen LogP contribution in [0.5, 0.6) is 0 Å². The van der Waals surface area contributed by atoms with Crippen LogP contribution in [-0.4, -0.2) is 23.9 Å². The first kappa shape index (κ1) is 20.8. The van der Waals surface area contributed by atoms with Crippen molar-refractivity contribution in [2.45, 2.75) is 18.9 Å². The number of para-hydroxylation sites is 1. The van der Waals surface area contributed by atoms with Gasteiger partial charge in [-0.3, -0.25) is 4.79 Å². The van der Waals surface area contributed by atoms with Gasteiger partial charge in [-0.2, -0.15) is 0 Å². The van der Waals surface area contributed by atoms with E-state index in [2.05, 4.69) is 22.3 Å². The van der Waals surface area contributed by atoms with E-state index >= 15 is 0 Å². The van der Waals surface area contributed by atoms with Crippen LogP contribution in [-0.2, 0) is 26.3 Å². The number of nitrogens with zero attached hydrogens (tertiary/aromatic N) is 1. The van der Waals surface area contributed by atoms with Gasteiger partial charge in [0.25, 0.3) is 0 Å². The third kappa shape index (κ3) is 3.24. The third-order valence-electron chi connectivity index (χ3n) is 6.41. The van der Waals surface area contributed by atoms with Crippen LogP contribution in [0.4, 0.5) is 5.69 Å². The van der Waals surface area contributed by atoms with Crippen LogP contribution in [0.2, 0.25) is 0 Å². The Morgan fingerprint density at radius 1 is 0.939 bits per heavy atom. The van der Waals surface area contributed by atoms with Gasteiger partial charge in [-0.25, -0.2) is 4.79 Å². The van der Waals surface area contributed by atoms with Crippen molar-refractivity contribution < 1.29 is 14.3 Å². The number of carbonyl (C=O) groups is 2. The van der Waals surface area contributed by atoms with Crippen molar-refractivity contribution in [2.75, 3.05) is 12.4 Å². The average molecular weight is 437 g/mol. The molecule has 5 heteroatoms. The fourth-order valence-electron chi connectivity index (χ4n) is 4.86. The Labute approximate surface area is 193 Å². The number of hydrogen-bond donors (Lipinski definition) is 1. The number of allylic oxidation sites excluding steroid dienone is 1. The summed E-state index contributed by atoms with van der Waals surface area (Å²) in [6.45, 7) is 2.44. The summed E-state index contributed by atoms with van der Waals surface area (Å²) in [5.41, 5.74) is 4.15. The van der Waals surface area contributed by atoms with Crippen molar-refractivity contribution in [3.63, 3.8) is 0 Å². The summed E-state index contributed by atoms with van der Waals surface area (Å²) in [6.07, 6.45) is 1.92. The molecular weight excluding hydrogens is 412 g/mol. The summed E-state index contributed by atoms with van der Waals surface area (Å²) in [7, 11) is 1.35. The number of carbonyl (C=O) groups excluding carboxylic acids is 2. The van der Waals surface area contributed by atoms with Crippen LogP contribution < -0.4 is 5.32 Å². The zero-order valence-corrected chi connectivity index (χ0v) is 18.5. The van der Waals surface area contributed by atoms with Gasteiger partial charge in [-0.05, 0) is 35.8 Å². The molecule has 0 saturated carbocycles. The molecule has 5 nitrogen and oxygen atoms in total. The molecule has 2 aliphatic heterocycles. The number of benzene rings is 3. The van der Waals surface area contributed by atoms with E-state index in [0.717, 1.165) is 22.4 Å². The van der Waals surface area contributed by atoms with Gasteiger partial charge in [0.2, 0.25) is 5.91 Å². The van der Waals surface area contributed by atoms with E-state index in [0.29, 0.717) is 23.5 Å². The Bertz CT molecular complexity index is 1290. The second-order valence-corrected chi connectivity index (χ2v) is 8.23. The molecule has 1 N–H and O–H groups in total. The maximum atomic E-state index is 13.6. The van der Waals surface area contributed by atoms with Crippen LogP contribution in [0.1, 0.15) is 23.6 Å². The van der Waals surface area contributed by atoms with Gasteiger partial charge in [0.05, 0.1) is 12.7 Å². The van der Waals surface area contributed by atoms with Crippen molar-refractivity contribution in [3.8, 4) is 0 Å². The van der Waals surface area contributed by atoms with Crippen LogP contribution in [0.15, 0.2) is 102 Å². The lowest BCUT2D eigenvalue weighted by atomic mass is 9.71. The number of nitrogens with one attached hydrogen (secondary N) is 1.